The predicted molar refractivity (Wildman–Crippen MR) is 76.2 cm³/mol. The lowest BCUT2D eigenvalue weighted by atomic mass is 10.1. The van der Waals surface area contributed by atoms with Crippen LogP contribution < -0.4 is 5.32 Å². The smallest absolute Gasteiger partial charge is 0.338 e. The molecule has 0 bridgehead atoms. The molecule has 0 atom stereocenters. The van der Waals surface area contributed by atoms with Crippen molar-refractivity contribution in [2.45, 2.75) is 20.4 Å². The molecule has 1 aromatic heterocycles. The Bertz CT molecular complexity index is 659. The number of rotatable bonds is 4. The summed E-state index contributed by atoms with van der Waals surface area (Å²) in [5, 5.41) is 11.9. The van der Waals surface area contributed by atoms with Gasteiger partial charge in [-0.25, -0.2) is 4.79 Å². The van der Waals surface area contributed by atoms with Crippen molar-refractivity contribution < 1.29 is 14.7 Å². The summed E-state index contributed by atoms with van der Waals surface area (Å²) in [4.78, 5) is 23.5. The van der Waals surface area contributed by atoms with Crippen LogP contribution in [0.3, 0.4) is 0 Å². The second kappa shape index (κ2) is 5.61. The molecule has 0 saturated heterocycles. The van der Waals surface area contributed by atoms with E-state index in [4.69, 9.17) is 0 Å². The third-order valence-corrected chi connectivity index (χ3v) is 3.14. The molecule has 0 aliphatic rings. The van der Waals surface area contributed by atoms with Gasteiger partial charge in [0, 0.05) is 12.7 Å². The van der Waals surface area contributed by atoms with E-state index in [-0.39, 0.29) is 11.5 Å². The third-order valence-electron chi connectivity index (χ3n) is 3.14. The molecule has 5 heteroatoms. The van der Waals surface area contributed by atoms with Gasteiger partial charge in [0.15, 0.2) is 0 Å². The Labute approximate surface area is 116 Å². The average Bonchev–Trinajstić information content (AvgIpc) is 2.86. The molecule has 104 valence electrons. The summed E-state index contributed by atoms with van der Waals surface area (Å²) >= 11 is 0. The van der Waals surface area contributed by atoms with Crippen LogP contribution in [-0.4, -0.2) is 21.6 Å². The summed E-state index contributed by atoms with van der Waals surface area (Å²) < 4.78 is 1.80. The fourth-order valence-electron chi connectivity index (χ4n) is 2.14. The van der Waals surface area contributed by atoms with Crippen LogP contribution in [0.2, 0.25) is 0 Å². The van der Waals surface area contributed by atoms with Gasteiger partial charge >= 0.3 is 5.97 Å². The fraction of sp³-hybridized carbons (Fsp3) is 0.200. The van der Waals surface area contributed by atoms with Gasteiger partial charge in [0.25, 0.3) is 5.91 Å². The summed E-state index contributed by atoms with van der Waals surface area (Å²) in [6, 6.07) is 8.50. The molecule has 1 heterocycles. The van der Waals surface area contributed by atoms with Crippen LogP contribution in [0.25, 0.3) is 0 Å². The van der Waals surface area contributed by atoms with Gasteiger partial charge in [0.2, 0.25) is 0 Å². The van der Waals surface area contributed by atoms with E-state index in [1.54, 1.807) is 41.8 Å². The van der Waals surface area contributed by atoms with Crippen molar-refractivity contribution in [3.8, 4) is 0 Å². The standard InChI is InChI=1S/C15H16N2O3/c1-3-17-9-5-8-12(17)14(18)16-11-7-4-6-10(2)13(11)15(19)20/h4-9H,3H2,1-2H3,(H,16,18)(H,19,20). The molecule has 0 aliphatic carbocycles. The minimum absolute atomic E-state index is 0.121. The van der Waals surface area contributed by atoms with Crippen molar-refractivity contribution >= 4 is 17.6 Å². The molecule has 1 amide bonds. The highest BCUT2D eigenvalue weighted by Gasteiger charge is 2.17. The van der Waals surface area contributed by atoms with Crippen LogP contribution in [0.5, 0.6) is 0 Å². The Morgan fingerprint density at radius 3 is 2.65 bits per heavy atom. The monoisotopic (exact) mass is 272 g/mol. The van der Waals surface area contributed by atoms with Gasteiger partial charge in [0.05, 0.1) is 11.3 Å². The van der Waals surface area contributed by atoms with Crippen molar-refractivity contribution in [2.24, 2.45) is 0 Å². The molecule has 0 saturated carbocycles. The van der Waals surface area contributed by atoms with E-state index in [0.717, 1.165) is 0 Å². The van der Waals surface area contributed by atoms with Crippen molar-refractivity contribution in [1.82, 2.24) is 4.57 Å². The summed E-state index contributed by atoms with van der Waals surface area (Å²) in [5.74, 6) is -1.37. The number of carbonyl (C=O) groups excluding carboxylic acids is 1. The molecule has 0 fully saturated rings. The van der Waals surface area contributed by atoms with E-state index in [1.165, 1.54) is 0 Å². The van der Waals surface area contributed by atoms with Gasteiger partial charge in [-0.3, -0.25) is 4.79 Å². The molecule has 2 rings (SSSR count). The molecule has 1 aromatic carbocycles. The van der Waals surface area contributed by atoms with E-state index in [1.807, 2.05) is 13.1 Å². The lowest BCUT2D eigenvalue weighted by molar-refractivity contribution is 0.0697. The molecule has 0 radical (unpaired) electrons. The Morgan fingerprint density at radius 1 is 1.25 bits per heavy atom. The lowest BCUT2D eigenvalue weighted by Crippen LogP contribution is -2.18. The summed E-state index contributed by atoms with van der Waals surface area (Å²) in [6.45, 7) is 4.31. The van der Waals surface area contributed by atoms with Crippen molar-refractivity contribution in [1.29, 1.82) is 0 Å². The lowest BCUT2D eigenvalue weighted by Gasteiger charge is -2.11. The Morgan fingerprint density at radius 2 is 2.00 bits per heavy atom. The Kier molecular flexibility index (Phi) is 3.89. The summed E-state index contributed by atoms with van der Waals surface area (Å²) in [6.07, 6.45) is 1.81. The number of anilines is 1. The molecule has 2 N–H and O–H groups in total. The number of aryl methyl sites for hydroxylation is 2. The molecule has 0 unspecified atom stereocenters. The highest BCUT2D eigenvalue weighted by Crippen LogP contribution is 2.20. The van der Waals surface area contributed by atoms with E-state index in [0.29, 0.717) is 23.5 Å². The maximum absolute atomic E-state index is 12.2. The zero-order valence-corrected chi connectivity index (χ0v) is 11.4. The highest BCUT2D eigenvalue weighted by molar-refractivity contribution is 6.07. The number of amides is 1. The molecule has 0 aliphatic heterocycles. The molecule has 5 nitrogen and oxygen atoms in total. The van der Waals surface area contributed by atoms with E-state index in [9.17, 15) is 14.7 Å². The molecule has 0 spiro atoms. The van der Waals surface area contributed by atoms with Gasteiger partial charge in [-0.05, 0) is 37.6 Å². The fourth-order valence-corrected chi connectivity index (χ4v) is 2.14. The number of nitrogens with one attached hydrogen (secondary N) is 1. The predicted octanol–water partition coefficient (Wildman–Crippen LogP) is 2.77. The first-order valence-corrected chi connectivity index (χ1v) is 6.34. The number of nitrogens with zero attached hydrogens (tertiary/aromatic N) is 1. The van der Waals surface area contributed by atoms with Crippen LogP contribution in [-0.2, 0) is 6.54 Å². The second-order valence-electron chi connectivity index (χ2n) is 4.44. The number of carbonyl (C=O) groups is 2. The largest absolute Gasteiger partial charge is 0.478 e. The van der Waals surface area contributed by atoms with Crippen molar-refractivity contribution in [2.75, 3.05) is 5.32 Å². The number of hydrogen-bond acceptors (Lipinski definition) is 2. The highest BCUT2D eigenvalue weighted by atomic mass is 16.4. The third kappa shape index (κ3) is 2.56. The molecular weight excluding hydrogens is 256 g/mol. The van der Waals surface area contributed by atoms with E-state index >= 15 is 0 Å². The zero-order valence-electron chi connectivity index (χ0n) is 11.4. The van der Waals surface area contributed by atoms with Crippen LogP contribution in [0.1, 0.15) is 33.3 Å². The summed E-state index contributed by atoms with van der Waals surface area (Å²) in [7, 11) is 0. The first-order chi connectivity index (χ1) is 9.54. The van der Waals surface area contributed by atoms with Crippen LogP contribution in [0, 0.1) is 6.92 Å². The number of aromatic carboxylic acids is 1. The summed E-state index contributed by atoms with van der Waals surface area (Å²) in [5.41, 5.74) is 1.55. The first-order valence-electron chi connectivity index (χ1n) is 6.34. The number of benzene rings is 1. The van der Waals surface area contributed by atoms with Crippen LogP contribution in [0.15, 0.2) is 36.5 Å². The molecule has 2 aromatic rings. The molecule has 20 heavy (non-hydrogen) atoms. The number of carboxylic acid groups (broad SMARTS) is 1. The average molecular weight is 272 g/mol. The van der Waals surface area contributed by atoms with Crippen molar-refractivity contribution in [3.63, 3.8) is 0 Å². The second-order valence-corrected chi connectivity index (χ2v) is 4.44. The normalized spacial score (nSPS) is 10.3. The van der Waals surface area contributed by atoms with Gasteiger partial charge < -0.3 is 15.0 Å². The van der Waals surface area contributed by atoms with Crippen LogP contribution in [0.4, 0.5) is 5.69 Å². The Balaban J connectivity index is 2.33. The first kappa shape index (κ1) is 13.9. The minimum Gasteiger partial charge on any atom is -0.478 e. The van der Waals surface area contributed by atoms with Gasteiger partial charge in [-0.2, -0.15) is 0 Å². The van der Waals surface area contributed by atoms with E-state index in [2.05, 4.69) is 5.32 Å². The van der Waals surface area contributed by atoms with E-state index < -0.39 is 5.97 Å². The zero-order chi connectivity index (χ0) is 14.7. The van der Waals surface area contributed by atoms with Crippen molar-refractivity contribution in [3.05, 3.63) is 53.3 Å². The number of hydrogen-bond donors (Lipinski definition) is 2. The minimum atomic E-state index is -1.05. The quantitative estimate of drug-likeness (QED) is 0.899. The number of aromatic nitrogens is 1. The Hall–Kier alpha value is -2.56. The number of carboxylic acids is 1. The van der Waals surface area contributed by atoms with Gasteiger partial charge in [-0.15, -0.1) is 0 Å². The maximum Gasteiger partial charge on any atom is 0.338 e. The molecular formula is C15H16N2O3. The van der Waals surface area contributed by atoms with Gasteiger partial charge in [-0.1, -0.05) is 12.1 Å². The SMILES string of the molecule is CCn1cccc1C(=O)Nc1cccc(C)c1C(=O)O. The topological polar surface area (TPSA) is 71.3 Å². The maximum atomic E-state index is 12.2. The van der Waals surface area contributed by atoms with Gasteiger partial charge in [0.1, 0.15) is 5.69 Å². The van der Waals surface area contributed by atoms with Crippen LogP contribution >= 0.6 is 0 Å².